The van der Waals surface area contributed by atoms with Crippen molar-refractivity contribution in [3.63, 3.8) is 0 Å². The highest BCUT2D eigenvalue weighted by Gasteiger charge is 2.21. The lowest BCUT2D eigenvalue weighted by Crippen LogP contribution is -2.14. The van der Waals surface area contributed by atoms with Crippen LogP contribution in [0.2, 0.25) is 5.02 Å². The number of phenolic OH excluding ortho intramolecular Hbond substituents is 1. The summed E-state index contributed by atoms with van der Waals surface area (Å²) in [4.78, 5) is -0.0444. The zero-order valence-corrected chi connectivity index (χ0v) is 12.8. The van der Waals surface area contributed by atoms with Gasteiger partial charge in [0.2, 0.25) is 0 Å². The van der Waals surface area contributed by atoms with E-state index in [2.05, 4.69) is 4.72 Å². The zero-order chi connectivity index (χ0) is 15.5. The number of hydrogen-bond acceptors (Lipinski definition) is 4. The summed E-state index contributed by atoms with van der Waals surface area (Å²) in [5.41, 5.74) is 0.0925. The predicted octanol–water partition coefficient (Wildman–Crippen LogP) is 3.25. The minimum absolute atomic E-state index is 0.0444. The highest BCUT2D eigenvalue weighted by atomic mass is 35.5. The number of rotatable bonds is 5. The molecule has 0 heterocycles. The first-order valence-electron chi connectivity index (χ1n) is 6.17. The molecular weight excluding hydrogens is 314 g/mol. The largest absolute Gasteiger partial charge is 0.506 e. The van der Waals surface area contributed by atoms with Crippen molar-refractivity contribution in [2.75, 3.05) is 11.3 Å². The second kappa shape index (κ2) is 6.24. The molecule has 112 valence electrons. The number of hydrogen-bond donors (Lipinski definition) is 2. The van der Waals surface area contributed by atoms with Crippen LogP contribution in [0.5, 0.6) is 11.5 Å². The highest BCUT2D eigenvalue weighted by molar-refractivity contribution is 7.92. The number of benzene rings is 2. The number of phenols is 1. The van der Waals surface area contributed by atoms with Crippen LogP contribution < -0.4 is 9.46 Å². The fraction of sp³-hybridized carbons (Fsp3) is 0.143. The van der Waals surface area contributed by atoms with Crippen LogP contribution >= 0.6 is 11.6 Å². The van der Waals surface area contributed by atoms with E-state index in [1.54, 1.807) is 19.1 Å². The second-order valence-corrected chi connectivity index (χ2v) is 6.23. The molecule has 7 heteroatoms. The summed E-state index contributed by atoms with van der Waals surface area (Å²) in [6.45, 7) is 2.05. The normalized spacial score (nSPS) is 11.1. The van der Waals surface area contributed by atoms with Gasteiger partial charge in [-0.25, -0.2) is 8.42 Å². The summed E-state index contributed by atoms with van der Waals surface area (Å²) in [7, 11) is -3.90. The Hall–Kier alpha value is -1.92. The smallest absolute Gasteiger partial charge is 0.265 e. The van der Waals surface area contributed by atoms with Crippen LogP contribution in [0.1, 0.15) is 6.92 Å². The third kappa shape index (κ3) is 3.59. The van der Waals surface area contributed by atoms with Crippen molar-refractivity contribution in [2.45, 2.75) is 11.8 Å². The van der Waals surface area contributed by atoms with Gasteiger partial charge in [0.25, 0.3) is 10.0 Å². The molecule has 0 amide bonds. The van der Waals surface area contributed by atoms with Crippen LogP contribution in [-0.4, -0.2) is 20.1 Å². The van der Waals surface area contributed by atoms with Crippen LogP contribution in [0.25, 0.3) is 0 Å². The molecule has 0 atom stereocenters. The molecule has 2 rings (SSSR count). The standard InChI is InChI=1S/C14H14ClNO4S/c1-2-20-13-9-10(15)7-8-14(13)21(18,19)16-11-5-3-4-6-12(11)17/h3-9,16-17H,2H2,1H3. The van der Waals surface area contributed by atoms with Gasteiger partial charge in [-0.3, -0.25) is 4.72 Å². The lowest BCUT2D eigenvalue weighted by molar-refractivity contribution is 0.331. The SMILES string of the molecule is CCOc1cc(Cl)ccc1S(=O)(=O)Nc1ccccc1O. The molecule has 0 saturated heterocycles. The third-order valence-electron chi connectivity index (χ3n) is 2.64. The van der Waals surface area contributed by atoms with E-state index in [4.69, 9.17) is 16.3 Å². The Balaban J connectivity index is 2.42. The zero-order valence-electron chi connectivity index (χ0n) is 11.2. The Labute approximate surface area is 128 Å². The van der Waals surface area contributed by atoms with E-state index in [1.807, 2.05) is 0 Å². The molecule has 2 N–H and O–H groups in total. The minimum Gasteiger partial charge on any atom is -0.506 e. The van der Waals surface area contributed by atoms with Gasteiger partial charge in [0.05, 0.1) is 12.3 Å². The van der Waals surface area contributed by atoms with Gasteiger partial charge in [-0.15, -0.1) is 0 Å². The lowest BCUT2D eigenvalue weighted by atomic mass is 10.3. The Bertz CT molecular complexity index is 746. The fourth-order valence-electron chi connectivity index (χ4n) is 1.73. The van der Waals surface area contributed by atoms with E-state index in [-0.39, 0.29) is 22.1 Å². The van der Waals surface area contributed by atoms with Gasteiger partial charge in [0.15, 0.2) is 0 Å². The quantitative estimate of drug-likeness (QED) is 0.827. The summed E-state index contributed by atoms with van der Waals surface area (Å²) in [6.07, 6.45) is 0. The number of ether oxygens (including phenoxy) is 1. The van der Waals surface area contributed by atoms with Gasteiger partial charge in [0.1, 0.15) is 16.4 Å². The maximum absolute atomic E-state index is 12.4. The maximum Gasteiger partial charge on any atom is 0.265 e. The van der Waals surface area contributed by atoms with E-state index in [0.717, 1.165) is 0 Å². The van der Waals surface area contributed by atoms with Gasteiger partial charge in [-0.2, -0.15) is 0 Å². The van der Waals surface area contributed by atoms with E-state index in [0.29, 0.717) is 11.6 Å². The number of sulfonamides is 1. The third-order valence-corrected chi connectivity index (χ3v) is 4.28. The maximum atomic E-state index is 12.4. The molecule has 0 aliphatic rings. The Kier molecular flexibility index (Phi) is 4.59. The number of halogens is 1. The molecule has 2 aromatic carbocycles. The molecule has 0 spiro atoms. The summed E-state index contributed by atoms with van der Waals surface area (Å²) in [5.74, 6) is 0.000851. The molecule has 0 aromatic heterocycles. The van der Waals surface area contributed by atoms with Crippen molar-refractivity contribution in [1.82, 2.24) is 0 Å². The van der Waals surface area contributed by atoms with Gasteiger partial charge in [-0.05, 0) is 31.2 Å². The molecule has 0 aliphatic heterocycles. The van der Waals surface area contributed by atoms with Crippen LogP contribution in [0.15, 0.2) is 47.4 Å². The summed E-state index contributed by atoms with van der Waals surface area (Å²) >= 11 is 5.85. The van der Waals surface area contributed by atoms with E-state index >= 15 is 0 Å². The van der Waals surface area contributed by atoms with Crippen molar-refractivity contribution in [3.8, 4) is 11.5 Å². The molecule has 0 aliphatic carbocycles. The number of aromatic hydroxyl groups is 1. The number of nitrogens with one attached hydrogen (secondary N) is 1. The summed E-state index contributed by atoms with van der Waals surface area (Å²) in [5, 5.41) is 10.0. The van der Waals surface area contributed by atoms with Gasteiger partial charge in [-0.1, -0.05) is 23.7 Å². The molecular formula is C14H14ClNO4S. The first-order chi connectivity index (χ1) is 9.94. The highest BCUT2D eigenvalue weighted by Crippen LogP contribution is 2.31. The van der Waals surface area contributed by atoms with Crippen molar-refractivity contribution < 1.29 is 18.3 Å². The topological polar surface area (TPSA) is 75.6 Å². The number of para-hydroxylation sites is 2. The Morgan fingerprint density at radius 2 is 1.95 bits per heavy atom. The van der Waals surface area contributed by atoms with Gasteiger partial charge < -0.3 is 9.84 Å². The average Bonchev–Trinajstić information content (AvgIpc) is 2.41. The van der Waals surface area contributed by atoms with Crippen LogP contribution in [0.4, 0.5) is 5.69 Å². The van der Waals surface area contributed by atoms with E-state index in [1.165, 1.54) is 30.3 Å². The van der Waals surface area contributed by atoms with Crippen molar-refractivity contribution in [1.29, 1.82) is 0 Å². The fourth-order valence-corrected chi connectivity index (χ4v) is 3.10. The summed E-state index contributed by atoms with van der Waals surface area (Å²) < 4.78 is 32.5. The molecule has 0 fully saturated rings. The molecule has 21 heavy (non-hydrogen) atoms. The van der Waals surface area contributed by atoms with Crippen LogP contribution in [0.3, 0.4) is 0 Å². The van der Waals surface area contributed by atoms with E-state index in [9.17, 15) is 13.5 Å². The minimum atomic E-state index is -3.90. The molecule has 0 unspecified atom stereocenters. The van der Waals surface area contributed by atoms with Gasteiger partial charge >= 0.3 is 0 Å². The van der Waals surface area contributed by atoms with Crippen molar-refractivity contribution >= 4 is 27.3 Å². The second-order valence-electron chi connectivity index (χ2n) is 4.15. The van der Waals surface area contributed by atoms with Crippen LogP contribution in [0, 0.1) is 0 Å². The number of anilines is 1. The Morgan fingerprint density at radius 1 is 1.24 bits per heavy atom. The first kappa shape index (κ1) is 15.5. The molecule has 0 bridgehead atoms. The molecule has 5 nitrogen and oxygen atoms in total. The Morgan fingerprint density at radius 3 is 2.62 bits per heavy atom. The van der Waals surface area contributed by atoms with E-state index < -0.39 is 10.0 Å². The predicted molar refractivity (Wildman–Crippen MR) is 81.5 cm³/mol. The van der Waals surface area contributed by atoms with Crippen LogP contribution in [-0.2, 0) is 10.0 Å². The first-order valence-corrected chi connectivity index (χ1v) is 8.03. The summed E-state index contributed by atoms with van der Waals surface area (Å²) in [6, 6.07) is 10.3. The van der Waals surface area contributed by atoms with Crippen molar-refractivity contribution in [3.05, 3.63) is 47.5 Å². The monoisotopic (exact) mass is 327 g/mol. The average molecular weight is 328 g/mol. The lowest BCUT2D eigenvalue weighted by Gasteiger charge is -2.13. The van der Waals surface area contributed by atoms with Gasteiger partial charge in [0, 0.05) is 11.1 Å². The van der Waals surface area contributed by atoms with Crippen molar-refractivity contribution in [2.24, 2.45) is 0 Å². The molecule has 0 radical (unpaired) electrons. The molecule has 2 aromatic rings. The molecule has 0 saturated carbocycles.